The van der Waals surface area contributed by atoms with E-state index in [4.69, 9.17) is 0 Å². The Bertz CT molecular complexity index is 906. The largest absolute Gasteiger partial charge is 0.307 e. The Labute approximate surface area is 153 Å². The van der Waals surface area contributed by atoms with Crippen molar-refractivity contribution in [2.45, 2.75) is 44.2 Å². The van der Waals surface area contributed by atoms with Gasteiger partial charge in [0.25, 0.3) is 0 Å². The number of benzene rings is 3. The predicted octanol–water partition coefficient (Wildman–Crippen LogP) is 6.11. The third kappa shape index (κ3) is 3.32. The molecule has 0 aromatic heterocycles. The Hall–Kier alpha value is -2.39. The summed E-state index contributed by atoms with van der Waals surface area (Å²) in [5.41, 5.74) is 2.40. The minimum absolute atomic E-state index is 0.0678. The second kappa shape index (κ2) is 7.08. The minimum Gasteiger partial charge on any atom is -0.307 e. The molecule has 0 aliphatic heterocycles. The average molecular weight is 348 g/mol. The van der Waals surface area contributed by atoms with Crippen molar-refractivity contribution in [3.8, 4) is 5.75 Å². The van der Waals surface area contributed by atoms with Gasteiger partial charge in [-0.05, 0) is 66.8 Å². The summed E-state index contributed by atoms with van der Waals surface area (Å²) in [6, 6.07) is 19.0. The Morgan fingerprint density at radius 3 is 2.46 bits per heavy atom. The van der Waals surface area contributed by atoms with Gasteiger partial charge in [-0.25, -0.2) is 4.39 Å². The van der Waals surface area contributed by atoms with Crippen molar-refractivity contribution in [3.05, 3.63) is 77.6 Å². The lowest BCUT2D eigenvalue weighted by Gasteiger charge is -2.22. The molecule has 3 atom stereocenters. The van der Waals surface area contributed by atoms with Gasteiger partial charge in [0, 0.05) is 17.5 Å². The van der Waals surface area contributed by atoms with Gasteiger partial charge >= 0.3 is 0 Å². The normalized spacial score (nSPS) is 21.2. The first-order valence-electron chi connectivity index (χ1n) is 9.32. The summed E-state index contributed by atoms with van der Waals surface area (Å²) in [6.45, 7) is 2.15. The first kappa shape index (κ1) is 17.0. The van der Waals surface area contributed by atoms with Crippen LogP contribution >= 0.6 is 0 Å². The molecule has 0 bridgehead atoms. The van der Waals surface area contributed by atoms with E-state index in [2.05, 4.69) is 12.2 Å². The van der Waals surface area contributed by atoms with E-state index >= 15 is 0 Å². The molecule has 2 nitrogen and oxygen atoms in total. The average Bonchev–Trinajstić information content (AvgIpc) is 3.11. The maximum absolute atomic E-state index is 14.1. The zero-order valence-corrected chi connectivity index (χ0v) is 14.9. The topological polar surface area (TPSA) is 31.9 Å². The quantitative estimate of drug-likeness (QED) is 0.606. The highest BCUT2D eigenvalue weighted by molar-refractivity contribution is 5.86. The van der Waals surface area contributed by atoms with Crippen LogP contribution in [0.2, 0.25) is 0 Å². The van der Waals surface area contributed by atoms with Crippen LogP contribution in [0, 0.1) is 5.82 Å². The van der Waals surface area contributed by atoms with E-state index < -0.39 is 0 Å². The Kier molecular flexibility index (Phi) is 4.64. The van der Waals surface area contributed by atoms with Crippen LogP contribution < -0.4 is 5.32 Å². The molecule has 0 heterocycles. The van der Waals surface area contributed by atoms with E-state index in [0.29, 0.717) is 17.3 Å². The molecule has 0 saturated heterocycles. The molecule has 1 saturated carbocycles. The fourth-order valence-corrected chi connectivity index (χ4v) is 4.28. The molecule has 0 spiro atoms. The Morgan fingerprint density at radius 1 is 0.962 bits per heavy atom. The minimum atomic E-state index is -0.167. The summed E-state index contributed by atoms with van der Waals surface area (Å²) in [4.78, 5) is 0. The zero-order chi connectivity index (χ0) is 18.1. The highest BCUT2D eigenvalue weighted by Crippen LogP contribution is 2.36. The smallest absolute Gasteiger partial charge is 0.178 e. The van der Waals surface area contributed by atoms with E-state index in [1.165, 1.54) is 5.56 Å². The summed E-state index contributed by atoms with van der Waals surface area (Å²) in [5, 5.41) is 16.7. The van der Waals surface area contributed by atoms with Crippen LogP contribution in [0.15, 0.2) is 60.7 Å². The van der Waals surface area contributed by atoms with Crippen LogP contribution in [0.3, 0.4) is 0 Å². The SMILES string of the molecule is C[C@@H](NC1CCC(c2ccc([O])cc2)C1)c1ccc(F)c2ccccc12. The maximum Gasteiger partial charge on any atom is 0.178 e. The molecule has 1 aliphatic carbocycles. The van der Waals surface area contributed by atoms with E-state index in [1.807, 2.05) is 42.5 Å². The zero-order valence-electron chi connectivity index (χ0n) is 14.9. The Balaban J connectivity index is 1.48. The summed E-state index contributed by atoms with van der Waals surface area (Å²) < 4.78 is 14.1. The van der Waals surface area contributed by atoms with Crippen molar-refractivity contribution < 1.29 is 9.50 Å². The molecule has 0 amide bonds. The van der Waals surface area contributed by atoms with Crippen LogP contribution in [-0.4, -0.2) is 6.04 Å². The van der Waals surface area contributed by atoms with Crippen molar-refractivity contribution in [3.63, 3.8) is 0 Å². The molecule has 133 valence electrons. The van der Waals surface area contributed by atoms with Gasteiger partial charge in [0.2, 0.25) is 0 Å². The second-order valence-electron chi connectivity index (χ2n) is 7.35. The second-order valence-corrected chi connectivity index (χ2v) is 7.35. The molecule has 3 aromatic rings. The van der Waals surface area contributed by atoms with E-state index in [9.17, 15) is 9.50 Å². The van der Waals surface area contributed by atoms with Gasteiger partial charge < -0.3 is 5.32 Å². The van der Waals surface area contributed by atoms with Crippen LogP contribution in [0.25, 0.3) is 10.8 Å². The number of rotatable bonds is 4. The third-order valence-corrected chi connectivity index (χ3v) is 5.64. The van der Waals surface area contributed by atoms with Gasteiger partial charge in [-0.1, -0.05) is 42.5 Å². The van der Waals surface area contributed by atoms with E-state index in [1.54, 1.807) is 18.2 Å². The third-order valence-electron chi connectivity index (χ3n) is 5.64. The first-order chi connectivity index (χ1) is 12.6. The van der Waals surface area contributed by atoms with E-state index in [0.717, 1.165) is 30.2 Å². The fraction of sp³-hybridized carbons (Fsp3) is 0.304. The van der Waals surface area contributed by atoms with Gasteiger partial charge in [-0.3, -0.25) is 5.11 Å². The van der Waals surface area contributed by atoms with E-state index in [-0.39, 0.29) is 17.6 Å². The Morgan fingerprint density at radius 2 is 1.69 bits per heavy atom. The maximum atomic E-state index is 14.1. The van der Waals surface area contributed by atoms with Gasteiger partial charge in [-0.15, -0.1) is 0 Å². The van der Waals surface area contributed by atoms with Gasteiger partial charge in [0.15, 0.2) is 5.75 Å². The van der Waals surface area contributed by atoms with Gasteiger partial charge in [0.05, 0.1) is 0 Å². The molecule has 3 heteroatoms. The lowest BCUT2D eigenvalue weighted by atomic mass is 9.96. The molecular formula is C23H23FNO. The van der Waals surface area contributed by atoms with Crippen LogP contribution in [0.1, 0.15) is 49.3 Å². The summed E-state index contributed by atoms with van der Waals surface area (Å²) >= 11 is 0. The van der Waals surface area contributed by atoms with Crippen molar-refractivity contribution in [1.82, 2.24) is 5.32 Å². The van der Waals surface area contributed by atoms with Crippen LogP contribution in [-0.2, 0) is 5.11 Å². The van der Waals surface area contributed by atoms with Crippen molar-refractivity contribution in [2.24, 2.45) is 0 Å². The van der Waals surface area contributed by atoms with Crippen molar-refractivity contribution >= 4 is 10.8 Å². The molecule has 1 fully saturated rings. The van der Waals surface area contributed by atoms with Crippen LogP contribution in [0.5, 0.6) is 5.75 Å². The number of fused-ring (bicyclic) bond motifs is 1. The number of halogens is 1. The number of hydrogen-bond acceptors (Lipinski definition) is 1. The summed E-state index contributed by atoms with van der Waals surface area (Å²) in [6.07, 6.45) is 3.32. The molecular weight excluding hydrogens is 325 g/mol. The predicted molar refractivity (Wildman–Crippen MR) is 102 cm³/mol. The standard InChI is InChI=1S/C23H23FNO/c1-15(20-12-13-23(24)22-5-3-2-4-21(20)22)25-18-9-6-17(14-18)16-7-10-19(26)11-8-16/h2-5,7-8,10-13,15,17-18,25H,6,9,14H2,1H3/t15-,17?,18?/m1/s1. The number of hydrogen-bond donors (Lipinski definition) is 1. The molecule has 1 aliphatic rings. The van der Waals surface area contributed by atoms with Gasteiger partial charge in [-0.2, -0.15) is 0 Å². The van der Waals surface area contributed by atoms with Crippen molar-refractivity contribution in [1.29, 1.82) is 0 Å². The molecule has 4 rings (SSSR count). The first-order valence-corrected chi connectivity index (χ1v) is 9.32. The fourth-order valence-electron chi connectivity index (χ4n) is 4.28. The summed E-state index contributed by atoms with van der Waals surface area (Å²) in [7, 11) is 0. The summed E-state index contributed by atoms with van der Waals surface area (Å²) in [5.74, 6) is 0.405. The monoisotopic (exact) mass is 348 g/mol. The van der Waals surface area contributed by atoms with Gasteiger partial charge in [0.1, 0.15) is 5.82 Å². The molecule has 3 aromatic carbocycles. The molecule has 1 N–H and O–H groups in total. The molecule has 1 radical (unpaired) electrons. The molecule has 2 unspecified atom stereocenters. The lowest BCUT2D eigenvalue weighted by molar-refractivity contribution is 0.354. The lowest BCUT2D eigenvalue weighted by Crippen LogP contribution is -2.29. The van der Waals surface area contributed by atoms with Crippen molar-refractivity contribution in [2.75, 3.05) is 0 Å². The highest BCUT2D eigenvalue weighted by Gasteiger charge is 2.27. The molecule has 26 heavy (non-hydrogen) atoms. The highest BCUT2D eigenvalue weighted by atomic mass is 19.1. The van der Waals surface area contributed by atoms with Crippen LogP contribution in [0.4, 0.5) is 4.39 Å². The number of nitrogens with one attached hydrogen (secondary N) is 1.